The molecule has 26 heavy (non-hydrogen) atoms. The summed E-state index contributed by atoms with van der Waals surface area (Å²) in [4.78, 5) is 5.44. The van der Waals surface area contributed by atoms with E-state index in [1.54, 1.807) is 12.1 Å². The van der Waals surface area contributed by atoms with Crippen molar-refractivity contribution in [1.29, 1.82) is 0 Å². The Balaban J connectivity index is 1.37. The Kier molecular flexibility index (Phi) is 4.51. The fraction of sp³-hybridized carbons (Fsp3) is 0.0952. The zero-order chi connectivity index (χ0) is 17.8. The van der Waals surface area contributed by atoms with Crippen molar-refractivity contribution in [2.45, 2.75) is 12.5 Å². The monoisotopic (exact) mass is 349 g/mol. The molecule has 1 aliphatic heterocycles. The SMILES string of the molecule is Fc1cccc(OC2=NO[C@H](c3ccc(Oc4ccccc4)cc3)C2)c1. The third kappa shape index (κ3) is 3.83. The van der Waals surface area contributed by atoms with E-state index in [0.717, 1.165) is 17.1 Å². The molecule has 4 rings (SSSR count). The molecular formula is C21H16FNO3. The number of halogens is 1. The topological polar surface area (TPSA) is 40.0 Å². The van der Waals surface area contributed by atoms with E-state index in [4.69, 9.17) is 14.3 Å². The minimum Gasteiger partial charge on any atom is -0.457 e. The van der Waals surface area contributed by atoms with E-state index < -0.39 is 0 Å². The molecular weight excluding hydrogens is 333 g/mol. The first kappa shape index (κ1) is 16.1. The Morgan fingerprint density at radius 1 is 0.808 bits per heavy atom. The van der Waals surface area contributed by atoms with Gasteiger partial charge >= 0.3 is 0 Å². The number of nitrogens with zero attached hydrogens (tertiary/aromatic N) is 1. The van der Waals surface area contributed by atoms with E-state index in [-0.39, 0.29) is 11.9 Å². The fourth-order valence-corrected chi connectivity index (χ4v) is 2.64. The van der Waals surface area contributed by atoms with E-state index in [0.29, 0.717) is 18.1 Å². The lowest BCUT2D eigenvalue weighted by Crippen LogP contribution is -2.07. The normalized spacial score (nSPS) is 15.9. The van der Waals surface area contributed by atoms with Gasteiger partial charge in [-0.2, -0.15) is 0 Å². The van der Waals surface area contributed by atoms with Crippen LogP contribution in [-0.2, 0) is 4.84 Å². The Labute approximate surface area is 150 Å². The van der Waals surface area contributed by atoms with Crippen molar-refractivity contribution in [1.82, 2.24) is 0 Å². The van der Waals surface area contributed by atoms with Crippen LogP contribution in [0, 0.1) is 5.82 Å². The third-order valence-corrected chi connectivity index (χ3v) is 3.90. The molecule has 1 heterocycles. The Bertz CT molecular complexity index is 910. The van der Waals surface area contributed by atoms with Crippen LogP contribution in [0.2, 0.25) is 0 Å². The summed E-state index contributed by atoms with van der Waals surface area (Å²) in [5.41, 5.74) is 0.965. The summed E-state index contributed by atoms with van der Waals surface area (Å²) >= 11 is 0. The summed E-state index contributed by atoms with van der Waals surface area (Å²) in [7, 11) is 0. The van der Waals surface area contributed by atoms with Gasteiger partial charge in [-0.15, -0.1) is 0 Å². The highest BCUT2D eigenvalue weighted by molar-refractivity contribution is 5.79. The molecule has 0 unspecified atom stereocenters. The maximum Gasteiger partial charge on any atom is 0.235 e. The van der Waals surface area contributed by atoms with Gasteiger partial charge in [-0.1, -0.05) is 41.6 Å². The van der Waals surface area contributed by atoms with Gasteiger partial charge in [0.1, 0.15) is 23.1 Å². The van der Waals surface area contributed by atoms with Gasteiger partial charge in [-0.3, -0.25) is 0 Å². The van der Waals surface area contributed by atoms with Gasteiger partial charge in [-0.25, -0.2) is 4.39 Å². The number of ether oxygens (including phenoxy) is 2. The smallest absolute Gasteiger partial charge is 0.235 e. The molecule has 0 fully saturated rings. The largest absolute Gasteiger partial charge is 0.457 e. The second-order valence-electron chi connectivity index (χ2n) is 5.83. The Hall–Kier alpha value is -3.34. The van der Waals surface area contributed by atoms with Crippen LogP contribution in [0.5, 0.6) is 17.2 Å². The maximum absolute atomic E-state index is 13.2. The fourth-order valence-electron chi connectivity index (χ4n) is 2.64. The van der Waals surface area contributed by atoms with Gasteiger partial charge in [0.15, 0.2) is 6.10 Å². The van der Waals surface area contributed by atoms with Gasteiger partial charge in [0.25, 0.3) is 0 Å². The standard InChI is InChI=1S/C21H16FNO3/c22-16-5-4-8-19(13-16)25-21-14-20(26-23-21)15-9-11-18(12-10-15)24-17-6-2-1-3-7-17/h1-13,20H,14H2/t20-/m0/s1. The highest BCUT2D eigenvalue weighted by Crippen LogP contribution is 2.30. The molecule has 0 radical (unpaired) electrons. The van der Waals surface area contributed by atoms with E-state index in [2.05, 4.69) is 5.16 Å². The minimum absolute atomic E-state index is 0.232. The molecule has 0 aromatic heterocycles. The van der Waals surface area contributed by atoms with Crippen LogP contribution >= 0.6 is 0 Å². The van der Waals surface area contributed by atoms with Crippen LogP contribution in [-0.4, -0.2) is 5.90 Å². The van der Waals surface area contributed by atoms with Crippen LogP contribution in [0.15, 0.2) is 84.0 Å². The highest BCUT2D eigenvalue weighted by atomic mass is 19.1. The Morgan fingerprint density at radius 3 is 2.31 bits per heavy atom. The second-order valence-corrected chi connectivity index (χ2v) is 5.83. The molecule has 3 aromatic rings. The molecule has 0 bridgehead atoms. The van der Waals surface area contributed by atoms with Crippen molar-refractivity contribution in [3.8, 4) is 17.2 Å². The molecule has 0 amide bonds. The van der Waals surface area contributed by atoms with Gasteiger partial charge in [0.2, 0.25) is 5.90 Å². The van der Waals surface area contributed by atoms with E-state index >= 15 is 0 Å². The van der Waals surface area contributed by atoms with Gasteiger partial charge in [-0.05, 0) is 42.0 Å². The van der Waals surface area contributed by atoms with Crippen LogP contribution in [0.1, 0.15) is 18.1 Å². The molecule has 0 saturated carbocycles. The maximum atomic E-state index is 13.2. The summed E-state index contributed by atoms with van der Waals surface area (Å²) < 4.78 is 24.6. The minimum atomic E-state index is -0.354. The molecule has 0 N–H and O–H groups in total. The highest BCUT2D eigenvalue weighted by Gasteiger charge is 2.24. The zero-order valence-corrected chi connectivity index (χ0v) is 13.8. The first-order valence-electron chi connectivity index (χ1n) is 8.25. The average Bonchev–Trinajstić information content (AvgIpc) is 3.12. The molecule has 1 aliphatic rings. The lowest BCUT2D eigenvalue weighted by molar-refractivity contribution is 0.0855. The lowest BCUT2D eigenvalue weighted by atomic mass is 10.1. The Morgan fingerprint density at radius 2 is 1.54 bits per heavy atom. The number of para-hydroxylation sites is 1. The second kappa shape index (κ2) is 7.27. The molecule has 0 spiro atoms. The van der Waals surface area contributed by atoms with Crippen LogP contribution in [0.25, 0.3) is 0 Å². The molecule has 4 nitrogen and oxygen atoms in total. The first-order chi connectivity index (χ1) is 12.8. The van der Waals surface area contributed by atoms with E-state index in [9.17, 15) is 4.39 Å². The van der Waals surface area contributed by atoms with Gasteiger partial charge in [0, 0.05) is 6.07 Å². The molecule has 130 valence electrons. The molecule has 0 aliphatic carbocycles. The predicted octanol–water partition coefficient (Wildman–Crippen LogP) is 5.47. The summed E-state index contributed by atoms with van der Waals surface area (Å²) in [6.45, 7) is 0. The van der Waals surface area contributed by atoms with Gasteiger partial charge in [0.05, 0.1) is 6.42 Å². The summed E-state index contributed by atoms with van der Waals surface area (Å²) in [5.74, 6) is 2.00. The van der Waals surface area contributed by atoms with Crippen molar-refractivity contribution in [3.63, 3.8) is 0 Å². The quantitative estimate of drug-likeness (QED) is 0.627. The number of rotatable bonds is 4. The zero-order valence-electron chi connectivity index (χ0n) is 13.8. The van der Waals surface area contributed by atoms with Gasteiger partial charge < -0.3 is 14.3 Å². The molecule has 0 saturated heterocycles. The third-order valence-electron chi connectivity index (χ3n) is 3.90. The predicted molar refractivity (Wildman–Crippen MR) is 95.9 cm³/mol. The number of oxime groups is 1. The number of hydrogen-bond donors (Lipinski definition) is 0. The van der Waals surface area contributed by atoms with E-state index in [1.807, 2.05) is 54.6 Å². The van der Waals surface area contributed by atoms with Crippen molar-refractivity contribution >= 4 is 5.90 Å². The molecule has 3 aromatic carbocycles. The van der Waals surface area contributed by atoms with Crippen LogP contribution < -0.4 is 9.47 Å². The average molecular weight is 349 g/mol. The number of hydrogen-bond acceptors (Lipinski definition) is 4. The van der Waals surface area contributed by atoms with Crippen molar-refractivity contribution < 1.29 is 18.7 Å². The van der Waals surface area contributed by atoms with E-state index in [1.165, 1.54) is 12.1 Å². The summed E-state index contributed by atoms with van der Waals surface area (Å²) in [5, 5.41) is 3.95. The van der Waals surface area contributed by atoms with Crippen molar-refractivity contribution in [2.75, 3.05) is 0 Å². The lowest BCUT2D eigenvalue weighted by Gasteiger charge is -2.10. The van der Waals surface area contributed by atoms with Crippen LogP contribution in [0.3, 0.4) is 0 Å². The van der Waals surface area contributed by atoms with Crippen molar-refractivity contribution in [3.05, 3.63) is 90.2 Å². The van der Waals surface area contributed by atoms with Crippen LogP contribution in [0.4, 0.5) is 4.39 Å². The summed E-state index contributed by atoms with van der Waals surface area (Å²) in [6, 6.07) is 23.2. The summed E-state index contributed by atoms with van der Waals surface area (Å²) in [6.07, 6.45) is 0.249. The number of benzene rings is 3. The molecule has 1 atom stereocenters. The first-order valence-corrected chi connectivity index (χ1v) is 8.25. The van der Waals surface area contributed by atoms with Crippen molar-refractivity contribution in [2.24, 2.45) is 5.16 Å². The molecule has 5 heteroatoms.